The van der Waals surface area contributed by atoms with Crippen LogP contribution in [0.1, 0.15) is 16.7 Å². The summed E-state index contributed by atoms with van der Waals surface area (Å²) >= 11 is 0. The van der Waals surface area contributed by atoms with Crippen molar-refractivity contribution >= 4 is 33.2 Å². The van der Waals surface area contributed by atoms with Crippen molar-refractivity contribution in [2.45, 2.75) is 19.6 Å². The lowest BCUT2D eigenvalue weighted by molar-refractivity contribution is -0.137. The Morgan fingerprint density at radius 2 is 1.78 bits per heavy atom. The van der Waals surface area contributed by atoms with E-state index in [4.69, 9.17) is 0 Å². The number of nitrogens with zero attached hydrogens (tertiary/aromatic N) is 3. The van der Waals surface area contributed by atoms with Gasteiger partial charge in [-0.25, -0.2) is 13.4 Å². The van der Waals surface area contributed by atoms with Crippen molar-refractivity contribution in [2.75, 3.05) is 28.2 Å². The van der Waals surface area contributed by atoms with Crippen LogP contribution in [0.15, 0.2) is 54.7 Å². The molecule has 0 saturated heterocycles. The fourth-order valence-corrected chi connectivity index (χ4v) is 3.44. The number of hydrogen-bond donors (Lipinski definition) is 2. The number of benzene rings is 2. The Bertz CT molecular complexity index is 1200. The second-order valence-electron chi connectivity index (χ2n) is 7.16. The Balaban J connectivity index is 1.93. The Labute approximate surface area is 184 Å². The van der Waals surface area contributed by atoms with Gasteiger partial charge < -0.3 is 10.6 Å². The topological polar surface area (TPSA) is 87.2 Å². The highest BCUT2D eigenvalue weighted by Gasteiger charge is 2.35. The molecule has 0 aliphatic heterocycles. The minimum atomic E-state index is -4.67. The molecule has 3 rings (SSSR count). The normalized spacial score (nSPS) is 11.8. The van der Waals surface area contributed by atoms with Crippen LogP contribution in [0.4, 0.5) is 36.3 Å². The number of sulfonamides is 1. The van der Waals surface area contributed by atoms with E-state index in [-0.39, 0.29) is 12.5 Å². The summed E-state index contributed by atoms with van der Waals surface area (Å²) in [6.07, 6.45) is -2.91. The zero-order valence-electron chi connectivity index (χ0n) is 17.6. The monoisotopic (exact) mass is 465 g/mol. The molecule has 3 aromatic rings. The van der Waals surface area contributed by atoms with Gasteiger partial charge in [-0.05, 0) is 36.2 Å². The molecule has 32 heavy (non-hydrogen) atoms. The van der Waals surface area contributed by atoms with Gasteiger partial charge in [-0.3, -0.25) is 4.31 Å². The van der Waals surface area contributed by atoms with E-state index in [2.05, 4.69) is 20.6 Å². The number of halogens is 3. The van der Waals surface area contributed by atoms with Gasteiger partial charge in [-0.15, -0.1) is 0 Å². The van der Waals surface area contributed by atoms with Crippen molar-refractivity contribution in [1.29, 1.82) is 0 Å². The molecule has 0 aliphatic rings. The highest BCUT2D eigenvalue weighted by Crippen LogP contribution is 2.34. The molecule has 0 saturated carbocycles. The fraction of sp³-hybridized carbons (Fsp3) is 0.238. The maximum absolute atomic E-state index is 13.5. The standard InChI is InChI=1S/C21H22F3N5O2S/c1-14-9-10-15(18(11-14)29(2)32(3,30)31)12-25-19-17(21(22,23)24)13-26-20(28-19)27-16-7-5-4-6-8-16/h4-11,13H,12H2,1-3H3,(H2,25,26,27,28). The average molecular weight is 466 g/mol. The highest BCUT2D eigenvalue weighted by atomic mass is 32.2. The molecular formula is C21H22F3N5O2S. The van der Waals surface area contributed by atoms with Crippen molar-refractivity contribution in [3.8, 4) is 0 Å². The van der Waals surface area contributed by atoms with Crippen LogP contribution in [0.25, 0.3) is 0 Å². The average Bonchev–Trinajstić information content (AvgIpc) is 2.71. The number of anilines is 4. The number of nitrogens with one attached hydrogen (secondary N) is 2. The van der Waals surface area contributed by atoms with E-state index in [1.165, 1.54) is 7.05 Å². The van der Waals surface area contributed by atoms with E-state index >= 15 is 0 Å². The lowest BCUT2D eigenvalue weighted by Gasteiger charge is -2.22. The van der Waals surface area contributed by atoms with Gasteiger partial charge in [0.15, 0.2) is 0 Å². The molecule has 0 amide bonds. The molecule has 170 valence electrons. The quantitative estimate of drug-likeness (QED) is 0.532. The summed E-state index contributed by atoms with van der Waals surface area (Å²) in [7, 11) is -2.17. The lowest BCUT2D eigenvalue weighted by atomic mass is 10.1. The first-order valence-electron chi connectivity index (χ1n) is 9.49. The fourth-order valence-electron chi connectivity index (χ4n) is 2.91. The van der Waals surface area contributed by atoms with Crippen LogP contribution < -0.4 is 14.9 Å². The molecule has 0 atom stereocenters. The van der Waals surface area contributed by atoms with Crippen molar-refractivity contribution < 1.29 is 21.6 Å². The third kappa shape index (κ3) is 5.67. The summed E-state index contributed by atoms with van der Waals surface area (Å²) in [6, 6.07) is 13.9. The summed E-state index contributed by atoms with van der Waals surface area (Å²) in [5.74, 6) is -0.427. The van der Waals surface area contributed by atoms with Crippen molar-refractivity contribution in [3.05, 3.63) is 71.4 Å². The molecule has 0 spiro atoms. The van der Waals surface area contributed by atoms with Crippen molar-refractivity contribution in [1.82, 2.24) is 9.97 Å². The molecule has 1 heterocycles. The first kappa shape index (κ1) is 23.3. The van der Waals surface area contributed by atoms with Crippen LogP contribution in [0.2, 0.25) is 0 Å². The first-order chi connectivity index (χ1) is 14.9. The second kappa shape index (κ2) is 9.03. The number of aromatic nitrogens is 2. The molecule has 0 fully saturated rings. The van der Waals surface area contributed by atoms with E-state index in [0.29, 0.717) is 23.1 Å². The van der Waals surface area contributed by atoms with Gasteiger partial charge in [0.2, 0.25) is 16.0 Å². The third-order valence-electron chi connectivity index (χ3n) is 4.65. The minimum absolute atomic E-state index is 0.0101. The van der Waals surface area contributed by atoms with Gasteiger partial charge in [-0.1, -0.05) is 30.3 Å². The van der Waals surface area contributed by atoms with Crippen LogP contribution in [0.5, 0.6) is 0 Å². The molecule has 0 unspecified atom stereocenters. The van der Waals surface area contributed by atoms with Crippen LogP contribution in [-0.4, -0.2) is 31.7 Å². The first-order valence-corrected chi connectivity index (χ1v) is 11.3. The minimum Gasteiger partial charge on any atom is -0.365 e. The molecule has 2 N–H and O–H groups in total. The van der Waals surface area contributed by atoms with Gasteiger partial charge in [0.25, 0.3) is 0 Å². The van der Waals surface area contributed by atoms with Crippen molar-refractivity contribution in [3.63, 3.8) is 0 Å². The third-order valence-corrected chi connectivity index (χ3v) is 5.84. The van der Waals surface area contributed by atoms with Crippen LogP contribution in [-0.2, 0) is 22.7 Å². The Morgan fingerprint density at radius 1 is 1.09 bits per heavy atom. The van der Waals surface area contributed by atoms with E-state index in [1.807, 2.05) is 0 Å². The van der Waals surface area contributed by atoms with Gasteiger partial charge in [-0.2, -0.15) is 18.2 Å². The van der Waals surface area contributed by atoms with Crippen molar-refractivity contribution in [2.24, 2.45) is 0 Å². The molecule has 0 bridgehead atoms. The summed E-state index contributed by atoms with van der Waals surface area (Å²) in [4.78, 5) is 7.78. The number of hydrogen-bond acceptors (Lipinski definition) is 6. The predicted octanol–water partition coefficient (Wildman–Crippen LogP) is 4.56. The number of alkyl halides is 3. The molecule has 11 heteroatoms. The van der Waals surface area contributed by atoms with Crippen LogP contribution >= 0.6 is 0 Å². The zero-order valence-corrected chi connectivity index (χ0v) is 18.4. The Hall–Kier alpha value is -3.34. The largest absolute Gasteiger partial charge is 0.421 e. The zero-order chi connectivity index (χ0) is 23.5. The van der Waals surface area contributed by atoms with Gasteiger partial charge >= 0.3 is 6.18 Å². The maximum Gasteiger partial charge on any atom is 0.421 e. The smallest absolute Gasteiger partial charge is 0.365 e. The van der Waals surface area contributed by atoms with Crippen LogP contribution in [0, 0.1) is 6.92 Å². The molecular weight excluding hydrogens is 443 g/mol. The van der Waals surface area contributed by atoms with E-state index < -0.39 is 27.6 Å². The van der Waals surface area contributed by atoms with Gasteiger partial charge in [0.05, 0.1) is 11.9 Å². The summed E-state index contributed by atoms with van der Waals surface area (Å²) in [5.41, 5.74) is 1.26. The lowest BCUT2D eigenvalue weighted by Crippen LogP contribution is -2.26. The van der Waals surface area contributed by atoms with Gasteiger partial charge in [0.1, 0.15) is 11.4 Å². The SMILES string of the molecule is Cc1ccc(CNc2nc(Nc3ccccc3)ncc2C(F)(F)F)c(N(C)S(C)(=O)=O)c1. The number of aryl methyl sites for hydroxylation is 1. The molecule has 0 radical (unpaired) electrons. The molecule has 1 aromatic heterocycles. The predicted molar refractivity (Wildman–Crippen MR) is 119 cm³/mol. The van der Waals surface area contributed by atoms with Crippen LogP contribution in [0.3, 0.4) is 0 Å². The van der Waals surface area contributed by atoms with E-state index in [0.717, 1.165) is 16.1 Å². The Morgan fingerprint density at radius 3 is 2.41 bits per heavy atom. The molecule has 0 aliphatic carbocycles. The number of rotatable bonds is 7. The summed E-state index contributed by atoms with van der Waals surface area (Å²) in [6.45, 7) is 1.71. The van der Waals surface area contributed by atoms with E-state index in [1.54, 1.807) is 55.5 Å². The van der Waals surface area contributed by atoms with E-state index in [9.17, 15) is 21.6 Å². The number of para-hydroxylation sites is 1. The summed E-state index contributed by atoms with van der Waals surface area (Å²) < 4.78 is 65.7. The second-order valence-corrected chi connectivity index (χ2v) is 9.17. The summed E-state index contributed by atoms with van der Waals surface area (Å²) in [5, 5.41) is 5.56. The maximum atomic E-state index is 13.5. The van der Waals surface area contributed by atoms with Gasteiger partial charge in [0, 0.05) is 25.5 Å². The Kier molecular flexibility index (Phi) is 6.58. The molecule has 7 nitrogen and oxygen atoms in total. The molecule has 2 aromatic carbocycles. The highest BCUT2D eigenvalue weighted by molar-refractivity contribution is 7.92.